The van der Waals surface area contributed by atoms with E-state index in [-0.39, 0.29) is 30.3 Å². The highest BCUT2D eigenvalue weighted by Crippen LogP contribution is 2.17. The third kappa shape index (κ3) is 7.79. The molecule has 0 spiro atoms. The molecule has 1 aliphatic rings. The van der Waals surface area contributed by atoms with Crippen LogP contribution in [-0.2, 0) is 16.1 Å². The summed E-state index contributed by atoms with van der Waals surface area (Å²) in [6.45, 7) is 2.50. The zero-order chi connectivity index (χ0) is 20.1. The largest absolute Gasteiger partial charge is 0.508 e. The first-order chi connectivity index (χ1) is 12.4. The van der Waals surface area contributed by atoms with Crippen LogP contribution in [0.4, 0.5) is 0 Å². The van der Waals surface area contributed by atoms with Gasteiger partial charge in [-0.25, -0.2) is 5.01 Å². The van der Waals surface area contributed by atoms with Crippen LogP contribution in [-0.4, -0.2) is 69.6 Å². The maximum absolute atomic E-state index is 11.7. The Hall–Kier alpha value is -2.89. The molecule has 1 atom stereocenters. The summed E-state index contributed by atoms with van der Waals surface area (Å²) in [4.78, 5) is 22.9. The fourth-order valence-electron chi connectivity index (χ4n) is 1.81. The zero-order valence-corrected chi connectivity index (χ0v) is 14.9. The molecule has 2 amide bonds. The SMILES string of the molecule is C#C.CCN(C)C=O.O=C1CC([C@H](O)CO)=NN1Cc1cccc(O)c1. The highest BCUT2D eigenvalue weighted by molar-refractivity contribution is 6.06. The summed E-state index contributed by atoms with van der Waals surface area (Å²) < 4.78 is 0. The molecule has 8 heteroatoms. The minimum atomic E-state index is -1.09. The number of phenols is 1. The topological polar surface area (TPSA) is 114 Å². The lowest BCUT2D eigenvalue weighted by atomic mass is 10.1. The molecule has 2 rings (SSSR count). The smallest absolute Gasteiger partial charge is 0.248 e. The van der Waals surface area contributed by atoms with Crippen LogP contribution in [0.5, 0.6) is 5.75 Å². The number of rotatable bonds is 6. The normalized spacial score (nSPS) is 13.5. The Bertz CT molecular complexity index is 630. The lowest BCUT2D eigenvalue weighted by Crippen LogP contribution is -2.23. The second-order valence-corrected chi connectivity index (χ2v) is 5.27. The quantitative estimate of drug-likeness (QED) is 0.493. The van der Waals surface area contributed by atoms with E-state index in [9.17, 15) is 19.8 Å². The summed E-state index contributed by atoms with van der Waals surface area (Å²) in [5.74, 6) is -0.111. The average molecular weight is 363 g/mol. The number of aliphatic hydroxyl groups is 2. The molecular weight excluding hydrogens is 338 g/mol. The zero-order valence-electron chi connectivity index (χ0n) is 14.9. The molecule has 0 saturated carbocycles. The van der Waals surface area contributed by atoms with Crippen LogP contribution < -0.4 is 0 Å². The predicted molar refractivity (Wildman–Crippen MR) is 98.1 cm³/mol. The molecule has 142 valence electrons. The number of carbonyl (C=O) groups is 2. The van der Waals surface area contributed by atoms with E-state index in [4.69, 9.17) is 5.11 Å². The van der Waals surface area contributed by atoms with Crippen LogP contribution in [0.1, 0.15) is 18.9 Å². The molecule has 0 aromatic heterocycles. The molecule has 1 aromatic carbocycles. The number of amides is 2. The molecule has 1 aliphatic heterocycles. The van der Waals surface area contributed by atoms with Gasteiger partial charge in [-0.3, -0.25) is 9.59 Å². The molecule has 0 radical (unpaired) electrons. The number of terminal acetylenes is 1. The van der Waals surface area contributed by atoms with Crippen LogP contribution in [0.15, 0.2) is 29.4 Å². The second-order valence-electron chi connectivity index (χ2n) is 5.27. The third-order valence-corrected chi connectivity index (χ3v) is 3.35. The van der Waals surface area contributed by atoms with Gasteiger partial charge in [-0.2, -0.15) is 5.10 Å². The minimum Gasteiger partial charge on any atom is -0.508 e. The summed E-state index contributed by atoms with van der Waals surface area (Å²) in [6.07, 6.45) is 7.73. The van der Waals surface area contributed by atoms with Crippen molar-refractivity contribution in [2.24, 2.45) is 5.10 Å². The Morgan fingerprint density at radius 3 is 2.54 bits per heavy atom. The van der Waals surface area contributed by atoms with E-state index >= 15 is 0 Å². The monoisotopic (exact) mass is 363 g/mol. The molecule has 1 aromatic rings. The summed E-state index contributed by atoms with van der Waals surface area (Å²) in [5.41, 5.74) is 1.01. The van der Waals surface area contributed by atoms with Gasteiger partial charge in [0.2, 0.25) is 12.3 Å². The second kappa shape index (κ2) is 12.5. The first-order valence-corrected chi connectivity index (χ1v) is 7.84. The van der Waals surface area contributed by atoms with Gasteiger partial charge >= 0.3 is 0 Å². The lowest BCUT2D eigenvalue weighted by Gasteiger charge is -2.11. The molecule has 1 heterocycles. The molecule has 3 N–H and O–H groups in total. The van der Waals surface area contributed by atoms with Gasteiger partial charge in [0.25, 0.3) is 0 Å². The number of nitrogens with zero attached hydrogens (tertiary/aromatic N) is 3. The molecular formula is C18H25N3O5. The van der Waals surface area contributed by atoms with E-state index in [0.717, 1.165) is 18.5 Å². The summed E-state index contributed by atoms with van der Waals surface area (Å²) in [6, 6.07) is 6.53. The van der Waals surface area contributed by atoms with Gasteiger partial charge in [-0.1, -0.05) is 12.1 Å². The molecule has 8 nitrogen and oxygen atoms in total. The Morgan fingerprint density at radius 2 is 2.08 bits per heavy atom. The van der Waals surface area contributed by atoms with Crippen molar-refractivity contribution in [3.8, 4) is 18.6 Å². The maximum Gasteiger partial charge on any atom is 0.248 e. The number of phenolic OH excluding ortho intramolecular Hbond substituents is 1. The van der Waals surface area contributed by atoms with Crippen LogP contribution in [0, 0.1) is 12.8 Å². The van der Waals surface area contributed by atoms with Crippen molar-refractivity contribution in [3.05, 3.63) is 29.8 Å². The number of aliphatic hydroxyl groups excluding tert-OH is 2. The summed E-state index contributed by atoms with van der Waals surface area (Å²) in [7, 11) is 1.74. The van der Waals surface area contributed by atoms with Crippen molar-refractivity contribution in [2.45, 2.75) is 26.0 Å². The van der Waals surface area contributed by atoms with Crippen LogP contribution in [0.3, 0.4) is 0 Å². The molecule has 0 saturated heterocycles. The van der Waals surface area contributed by atoms with Crippen LogP contribution in [0.25, 0.3) is 0 Å². The van der Waals surface area contributed by atoms with Crippen LogP contribution >= 0.6 is 0 Å². The van der Waals surface area contributed by atoms with Gasteiger partial charge in [0.05, 0.1) is 25.3 Å². The van der Waals surface area contributed by atoms with E-state index in [1.807, 2.05) is 6.92 Å². The van der Waals surface area contributed by atoms with E-state index in [2.05, 4.69) is 17.9 Å². The highest BCUT2D eigenvalue weighted by Gasteiger charge is 2.27. The first kappa shape index (κ1) is 23.1. The van der Waals surface area contributed by atoms with E-state index in [1.165, 1.54) is 5.01 Å². The van der Waals surface area contributed by atoms with Gasteiger partial charge in [0.1, 0.15) is 11.9 Å². The minimum absolute atomic E-state index is 0.0144. The van der Waals surface area contributed by atoms with Gasteiger partial charge in [0.15, 0.2) is 0 Å². The average Bonchev–Trinajstić information content (AvgIpc) is 3.03. The molecule has 0 fully saturated rings. The number of carbonyl (C=O) groups excluding carboxylic acids is 2. The highest BCUT2D eigenvalue weighted by atomic mass is 16.3. The standard InChI is InChI=1S/C12H14N2O4.C4H9NO.C2H2/c15-7-11(17)10-5-12(18)14(13-10)6-8-2-1-3-9(16)4-8;1-3-5(2)4-6;1-2/h1-4,11,15-17H,5-7H2;4H,3H2,1-2H3;1-2H/t11-;;/m1../s1. The predicted octanol–water partition coefficient (Wildman–Crippen LogP) is 0.178. The van der Waals surface area contributed by atoms with Crippen molar-refractivity contribution in [2.75, 3.05) is 20.2 Å². The Balaban J connectivity index is 0.000000667. The Morgan fingerprint density at radius 1 is 1.42 bits per heavy atom. The number of aromatic hydroxyl groups is 1. The van der Waals surface area contributed by atoms with Crippen molar-refractivity contribution < 1.29 is 24.9 Å². The number of hydrazone groups is 1. The molecule has 0 bridgehead atoms. The van der Waals surface area contributed by atoms with Crippen LogP contribution in [0.2, 0.25) is 0 Å². The number of benzene rings is 1. The van der Waals surface area contributed by atoms with Gasteiger partial charge in [-0.15, -0.1) is 12.8 Å². The van der Waals surface area contributed by atoms with Gasteiger partial charge < -0.3 is 20.2 Å². The van der Waals surface area contributed by atoms with E-state index in [1.54, 1.807) is 36.2 Å². The van der Waals surface area contributed by atoms with Gasteiger partial charge in [0, 0.05) is 13.6 Å². The van der Waals surface area contributed by atoms with Crippen molar-refractivity contribution in [3.63, 3.8) is 0 Å². The summed E-state index contributed by atoms with van der Waals surface area (Å²) in [5, 5.41) is 32.7. The Kier molecular flexibility index (Phi) is 11.1. The molecule has 0 aliphatic carbocycles. The van der Waals surface area contributed by atoms with E-state index in [0.29, 0.717) is 0 Å². The Labute approximate surface area is 153 Å². The maximum atomic E-state index is 11.7. The number of hydrogen-bond donors (Lipinski definition) is 3. The van der Waals surface area contributed by atoms with Gasteiger partial charge in [-0.05, 0) is 24.6 Å². The van der Waals surface area contributed by atoms with E-state index < -0.39 is 12.7 Å². The lowest BCUT2D eigenvalue weighted by molar-refractivity contribution is -0.129. The fourth-order valence-corrected chi connectivity index (χ4v) is 1.81. The molecule has 26 heavy (non-hydrogen) atoms. The molecule has 0 unspecified atom stereocenters. The summed E-state index contributed by atoms with van der Waals surface area (Å²) >= 11 is 0. The number of hydrogen-bond acceptors (Lipinski definition) is 6. The van der Waals surface area contributed by atoms with Crippen molar-refractivity contribution >= 4 is 18.0 Å². The fraction of sp³-hybridized carbons (Fsp3) is 0.389. The third-order valence-electron chi connectivity index (χ3n) is 3.35. The van der Waals surface area contributed by atoms with Crippen molar-refractivity contribution in [1.82, 2.24) is 9.91 Å². The first-order valence-electron chi connectivity index (χ1n) is 7.84. The van der Waals surface area contributed by atoms with Crippen molar-refractivity contribution in [1.29, 1.82) is 0 Å².